The number of benzene rings is 1. The van der Waals surface area contributed by atoms with E-state index in [-0.39, 0.29) is 16.9 Å². The number of hydrogen-bond donors (Lipinski definition) is 1. The zero-order valence-electron chi connectivity index (χ0n) is 13.7. The molecule has 1 amide bonds. The lowest BCUT2D eigenvalue weighted by Gasteiger charge is -2.30. The number of pyridine rings is 1. The molecule has 23 heavy (non-hydrogen) atoms. The lowest BCUT2D eigenvalue weighted by molar-refractivity contribution is 0.0695. The molecule has 5 nitrogen and oxygen atoms in total. The Kier molecular flexibility index (Phi) is 4.11. The molecule has 0 aliphatic carbocycles. The highest BCUT2D eigenvalue weighted by atomic mass is 16.2. The lowest BCUT2D eigenvalue weighted by Crippen LogP contribution is -2.40. The molecule has 122 valence electrons. The standard InChI is InChI=1S/C18H23N3O2/c1-3-20-11-13(18(23)21-9-7-12(2)8-10-21)17(22)16-14(19)5-4-6-15(16)20/h4-6,11-12H,3,7-10,19H2,1-2H3. The molecular weight excluding hydrogens is 290 g/mol. The Labute approximate surface area is 135 Å². The molecule has 1 aliphatic heterocycles. The Morgan fingerprint density at radius 2 is 2.00 bits per heavy atom. The predicted molar refractivity (Wildman–Crippen MR) is 92.6 cm³/mol. The number of carbonyl (C=O) groups is 1. The summed E-state index contributed by atoms with van der Waals surface area (Å²) in [5, 5.41) is 0.450. The van der Waals surface area contributed by atoms with Crippen molar-refractivity contribution in [1.82, 2.24) is 9.47 Å². The van der Waals surface area contributed by atoms with E-state index in [1.807, 2.05) is 23.6 Å². The quantitative estimate of drug-likeness (QED) is 0.866. The second kappa shape index (κ2) is 6.07. The van der Waals surface area contributed by atoms with Crippen molar-refractivity contribution in [2.24, 2.45) is 5.92 Å². The van der Waals surface area contributed by atoms with Gasteiger partial charge in [0.25, 0.3) is 5.91 Å². The number of aryl methyl sites for hydroxylation is 1. The second-order valence-electron chi connectivity index (χ2n) is 6.37. The maximum atomic E-state index is 12.8. The number of likely N-dealkylation sites (tertiary alicyclic amines) is 1. The number of hydrogen-bond acceptors (Lipinski definition) is 3. The second-order valence-corrected chi connectivity index (χ2v) is 6.37. The first-order valence-corrected chi connectivity index (χ1v) is 8.23. The van der Waals surface area contributed by atoms with Gasteiger partial charge in [-0.1, -0.05) is 13.0 Å². The zero-order chi connectivity index (χ0) is 16.6. The number of nitrogens with two attached hydrogens (primary N) is 1. The average Bonchev–Trinajstić information content (AvgIpc) is 2.55. The molecule has 2 N–H and O–H groups in total. The van der Waals surface area contributed by atoms with Gasteiger partial charge in [0, 0.05) is 31.5 Å². The highest BCUT2D eigenvalue weighted by Crippen LogP contribution is 2.21. The van der Waals surface area contributed by atoms with Crippen LogP contribution in [0.15, 0.2) is 29.2 Å². The maximum absolute atomic E-state index is 12.8. The summed E-state index contributed by atoms with van der Waals surface area (Å²) in [6.45, 7) is 6.30. The van der Waals surface area contributed by atoms with Crippen molar-refractivity contribution in [3.05, 3.63) is 40.2 Å². The third-order valence-electron chi connectivity index (χ3n) is 4.78. The van der Waals surface area contributed by atoms with Gasteiger partial charge < -0.3 is 15.2 Å². The van der Waals surface area contributed by atoms with Crippen molar-refractivity contribution >= 4 is 22.5 Å². The fourth-order valence-corrected chi connectivity index (χ4v) is 3.26. The maximum Gasteiger partial charge on any atom is 0.259 e. The Bertz CT molecular complexity index is 802. The van der Waals surface area contributed by atoms with Crippen LogP contribution in [-0.2, 0) is 6.54 Å². The molecule has 0 atom stereocenters. The summed E-state index contributed by atoms with van der Waals surface area (Å²) in [4.78, 5) is 27.4. The van der Waals surface area contributed by atoms with Gasteiger partial charge in [0.05, 0.1) is 10.9 Å². The number of nitrogen functional groups attached to an aromatic ring is 1. The van der Waals surface area contributed by atoms with Crippen LogP contribution < -0.4 is 11.2 Å². The summed E-state index contributed by atoms with van der Waals surface area (Å²) in [6.07, 6.45) is 3.66. The summed E-state index contributed by atoms with van der Waals surface area (Å²) < 4.78 is 1.92. The van der Waals surface area contributed by atoms with Crippen molar-refractivity contribution in [1.29, 1.82) is 0 Å². The molecule has 1 aromatic carbocycles. The van der Waals surface area contributed by atoms with Gasteiger partial charge in [0.2, 0.25) is 5.43 Å². The van der Waals surface area contributed by atoms with Crippen LogP contribution in [0.25, 0.3) is 10.9 Å². The van der Waals surface area contributed by atoms with Gasteiger partial charge in [-0.15, -0.1) is 0 Å². The minimum absolute atomic E-state index is 0.172. The van der Waals surface area contributed by atoms with Crippen molar-refractivity contribution in [2.45, 2.75) is 33.2 Å². The van der Waals surface area contributed by atoms with Crippen LogP contribution in [0.2, 0.25) is 0 Å². The Balaban J connectivity index is 2.11. The topological polar surface area (TPSA) is 68.3 Å². The SMILES string of the molecule is CCn1cc(C(=O)N2CCC(C)CC2)c(=O)c2c(N)cccc21. The molecule has 0 bridgehead atoms. The van der Waals surface area contributed by atoms with E-state index < -0.39 is 0 Å². The van der Waals surface area contributed by atoms with Gasteiger partial charge >= 0.3 is 0 Å². The van der Waals surface area contributed by atoms with E-state index in [0.717, 1.165) is 18.4 Å². The van der Waals surface area contributed by atoms with Crippen LogP contribution in [-0.4, -0.2) is 28.5 Å². The summed E-state index contributed by atoms with van der Waals surface area (Å²) >= 11 is 0. The van der Waals surface area contributed by atoms with Crippen LogP contribution in [0.4, 0.5) is 5.69 Å². The molecule has 5 heteroatoms. The van der Waals surface area contributed by atoms with Crippen molar-refractivity contribution in [3.8, 4) is 0 Å². The largest absolute Gasteiger partial charge is 0.398 e. The van der Waals surface area contributed by atoms with Gasteiger partial charge in [0.1, 0.15) is 5.56 Å². The van der Waals surface area contributed by atoms with Crippen LogP contribution in [0, 0.1) is 5.92 Å². The molecule has 0 spiro atoms. The molecule has 0 saturated carbocycles. The minimum atomic E-state index is -0.258. The molecule has 0 unspecified atom stereocenters. The number of carbonyl (C=O) groups excluding carboxylic acids is 1. The number of fused-ring (bicyclic) bond motifs is 1. The van der Waals surface area contributed by atoms with E-state index in [4.69, 9.17) is 5.73 Å². The van der Waals surface area contributed by atoms with Gasteiger partial charge in [-0.3, -0.25) is 9.59 Å². The van der Waals surface area contributed by atoms with Crippen molar-refractivity contribution in [3.63, 3.8) is 0 Å². The number of anilines is 1. The van der Waals surface area contributed by atoms with Crippen molar-refractivity contribution < 1.29 is 4.79 Å². The molecule has 2 aromatic rings. The summed E-state index contributed by atoms with van der Waals surface area (Å²) in [5.41, 5.74) is 7.19. The minimum Gasteiger partial charge on any atom is -0.398 e. The first-order chi connectivity index (χ1) is 11.0. The lowest BCUT2D eigenvalue weighted by atomic mass is 9.98. The predicted octanol–water partition coefficient (Wildman–Crippen LogP) is 2.48. The van der Waals surface area contributed by atoms with Gasteiger partial charge in [-0.2, -0.15) is 0 Å². The molecular formula is C18H23N3O2. The molecule has 2 heterocycles. The fraction of sp³-hybridized carbons (Fsp3) is 0.444. The molecule has 0 radical (unpaired) electrons. The van der Waals surface area contributed by atoms with Crippen molar-refractivity contribution in [2.75, 3.05) is 18.8 Å². The van der Waals surface area contributed by atoms with E-state index in [0.29, 0.717) is 36.6 Å². The normalized spacial score (nSPS) is 16.0. The van der Waals surface area contributed by atoms with E-state index in [9.17, 15) is 9.59 Å². The third-order valence-corrected chi connectivity index (χ3v) is 4.78. The third kappa shape index (κ3) is 2.71. The van der Waals surface area contributed by atoms with Crippen LogP contribution in [0.1, 0.15) is 37.0 Å². The molecule has 1 aromatic heterocycles. The van der Waals surface area contributed by atoms with Crippen LogP contribution >= 0.6 is 0 Å². The number of piperidine rings is 1. The van der Waals surface area contributed by atoms with E-state index in [1.54, 1.807) is 17.2 Å². The molecule has 1 fully saturated rings. The molecule has 1 aliphatic rings. The number of aromatic nitrogens is 1. The van der Waals surface area contributed by atoms with E-state index in [1.165, 1.54) is 0 Å². The average molecular weight is 313 g/mol. The summed E-state index contributed by atoms with van der Waals surface area (Å²) in [5.74, 6) is 0.466. The number of nitrogens with zero attached hydrogens (tertiary/aromatic N) is 2. The first kappa shape index (κ1) is 15.6. The van der Waals surface area contributed by atoms with Crippen LogP contribution in [0.3, 0.4) is 0 Å². The Morgan fingerprint density at radius 1 is 1.30 bits per heavy atom. The summed E-state index contributed by atoms with van der Waals surface area (Å²) in [6, 6.07) is 5.41. The number of rotatable bonds is 2. The Morgan fingerprint density at radius 3 is 2.65 bits per heavy atom. The highest BCUT2D eigenvalue weighted by Gasteiger charge is 2.25. The zero-order valence-corrected chi connectivity index (χ0v) is 13.7. The van der Waals surface area contributed by atoms with Gasteiger partial charge in [-0.25, -0.2) is 0 Å². The van der Waals surface area contributed by atoms with Gasteiger partial charge in [0.15, 0.2) is 0 Å². The van der Waals surface area contributed by atoms with Crippen LogP contribution in [0.5, 0.6) is 0 Å². The molecule has 3 rings (SSSR count). The highest BCUT2D eigenvalue weighted by molar-refractivity contribution is 6.00. The molecule has 1 saturated heterocycles. The Hall–Kier alpha value is -2.30. The first-order valence-electron chi connectivity index (χ1n) is 8.23. The van der Waals surface area contributed by atoms with E-state index >= 15 is 0 Å². The van der Waals surface area contributed by atoms with Gasteiger partial charge in [-0.05, 0) is 37.8 Å². The monoisotopic (exact) mass is 313 g/mol. The smallest absolute Gasteiger partial charge is 0.259 e. The summed E-state index contributed by atoms with van der Waals surface area (Å²) in [7, 11) is 0. The fourth-order valence-electron chi connectivity index (χ4n) is 3.26. The van der Waals surface area contributed by atoms with E-state index in [2.05, 4.69) is 6.92 Å². The number of amides is 1.